The van der Waals surface area contributed by atoms with E-state index in [0.717, 1.165) is 0 Å². The van der Waals surface area contributed by atoms with Gasteiger partial charge in [-0.25, -0.2) is 0 Å². The third-order valence-corrected chi connectivity index (χ3v) is 0.654. The summed E-state index contributed by atoms with van der Waals surface area (Å²) in [4.78, 5) is 0. The maximum atomic E-state index is 8.19. The van der Waals surface area contributed by atoms with E-state index in [1.54, 1.807) is 0 Å². The highest BCUT2D eigenvalue weighted by atomic mass is 16.3. The molecule has 40 valence electrons. The molecule has 0 saturated carbocycles. The van der Waals surface area contributed by atoms with Crippen molar-refractivity contribution in [3.05, 3.63) is 0 Å². The lowest BCUT2D eigenvalue weighted by molar-refractivity contribution is 0.284. The van der Waals surface area contributed by atoms with Gasteiger partial charge in [-0.2, -0.15) is 0 Å². The third-order valence-electron chi connectivity index (χ3n) is 0.654. The molecule has 0 radical (unpaired) electrons. The highest BCUT2D eigenvalue weighted by Crippen LogP contribution is 1.79. The fourth-order valence-corrected chi connectivity index (χ4v) is 0.222. The van der Waals surface area contributed by atoms with E-state index in [4.69, 9.17) is 17.3 Å². The van der Waals surface area contributed by atoms with E-state index < -0.39 is 0 Å². The Kier molecular flexibility index (Phi) is 3.39. The monoisotopic (exact) mass is 99.1 g/mol. The minimum Gasteiger partial charge on any atom is -0.396 e. The fraction of sp³-hybridized carbons (Fsp3) is 0.600. The Labute approximate surface area is 43.3 Å². The molecule has 0 bridgehead atoms. The van der Waals surface area contributed by atoms with E-state index >= 15 is 0 Å². The highest BCUT2D eigenvalue weighted by Gasteiger charge is 1.90. The average Bonchev–Trinajstić information content (AvgIpc) is 1.68. The second-order valence-electron chi connectivity index (χ2n) is 1.29. The Hall–Kier alpha value is -0.520. The van der Waals surface area contributed by atoms with Crippen LogP contribution >= 0.6 is 0 Å². The van der Waals surface area contributed by atoms with Gasteiger partial charge in [0.25, 0.3) is 0 Å². The summed E-state index contributed by atoms with van der Waals surface area (Å²) in [6, 6.07) is -0.273. The molecule has 1 atom stereocenters. The molecule has 3 N–H and O–H groups in total. The zero-order valence-corrected chi connectivity index (χ0v) is 4.09. The van der Waals surface area contributed by atoms with Crippen molar-refractivity contribution >= 4 is 0 Å². The van der Waals surface area contributed by atoms with Crippen molar-refractivity contribution in [2.45, 2.75) is 12.5 Å². The Balaban J connectivity index is 3.04. The highest BCUT2D eigenvalue weighted by molar-refractivity contribution is 4.95. The van der Waals surface area contributed by atoms with Crippen LogP contribution in [0.1, 0.15) is 6.42 Å². The van der Waals surface area contributed by atoms with Crippen molar-refractivity contribution in [3.63, 3.8) is 0 Å². The summed E-state index contributed by atoms with van der Waals surface area (Å²) in [7, 11) is 0. The number of rotatable bonds is 2. The average molecular weight is 99.1 g/mol. The van der Waals surface area contributed by atoms with E-state index in [-0.39, 0.29) is 12.6 Å². The molecule has 2 nitrogen and oxygen atoms in total. The molecule has 0 saturated heterocycles. The summed E-state index contributed by atoms with van der Waals surface area (Å²) in [5.74, 6) is 2.28. The minimum absolute atomic E-state index is 0.0748. The number of hydrogen-bond acceptors (Lipinski definition) is 2. The second kappa shape index (κ2) is 3.66. The van der Waals surface area contributed by atoms with Crippen molar-refractivity contribution in [3.8, 4) is 12.3 Å². The fourth-order valence-electron chi connectivity index (χ4n) is 0.222. The molecule has 0 spiro atoms. The summed E-state index contributed by atoms with van der Waals surface area (Å²) in [6.45, 7) is 0.0748. The van der Waals surface area contributed by atoms with Crippen LogP contribution in [0, 0.1) is 12.3 Å². The zero-order chi connectivity index (χ0) is 5.70. The first-order valence-electron chi connectivity index (χ1n) is 2.14. The molecular formula is C5H9NO. The topological polar surface area (TPSA) is 46.2 Å². The van der Waals surface area contributed by atoms with Crippen LogP contribution in [0.15, 0.2) is 0 Å². The van der Waals surface area contributed by atoms with E-state index in [1.807, 2.05) is 0 Å². The quantitative estimate of drug-likeness (QED) is 0.451. The van der Waals surface area contributed by atoms with Gasteiger partial charge in [0.15, 0.2) is 0 Å². The molecule has 0 rings (SSSR count). The predicted octanol–water partition coefficient (Wildman–Crippen LogP) is -0.671. The Morgan fingerprint density at radius 2 is 2.43 bits per heavy atom. The smallest absolute Gasteiger partial charge is 0.0683 e. The van der Waals surface area contributed by atoms with Crippen LogP contribution in [0.25, 0.3) is 0 Å². The standard InChI is InChI=1S/C5H9NO/c1-2-5(6)3-4-7/h1,5,7H,3-4,6H2. The van der Waals surface area contributed by atoms with Crippen molar-refractivity contribution in [2.24, 2.45) is 5.73 Å². The van der Waals surface area contributed by atoms with Gasteiger partial charge in [-0.3, -0.25) is 0 Å². The van der Waals surface area contributed by atoms with Gasteiger partial charge in [-0.15, -0.1) is 6.42 Å². The van der Waals surface area contributed by atoms with Crippen LogP contribution in [0.2, 0.25) is 0 Å². The van der Waals surface area contributed by atoms with Gasteiger partial charge in [0.05, 0.1) is 6.04 Å². The number of hydrogen-bond donors (Lipinski definition) is 2. The molecule has 2 heteroatoms. The first-order chi connectivity index (χ1) is 3.31. The first kappa shape index (κ1) is 6.48. The molecule has 1 unspecified atom stereocenters. The Morgan fingerprint density at radius 3 is 2.57 bits per heavy atom. The van der Waals surface area contributed by atoms with Crippen LogP contribution in [-0.2, 0) is 0 Å². The van der Waals surface area contributed by atoms with Gasteiger partial charge in [-0.05, 0) is 6.42 Å². The number of terminal acetylenes is 1. The lowest BCUT2D eigenvalue weighted by atomic mass is 10.2. The number of aliphatic hydroxyl groups excluding tert-OH is 1. The maximum absolute atomic E-state index is 8.19. The van der Waals surface area contributed by atoms with Crippen molar-refractivity contribution in [2.75, 3.05) is 6.61 Å². The van der Waals surface area contributed by atoms with Gasteiger partial charge in [-0.1, -0.05) is 5.92 Å². The van der Waals surface area contributed by atoms with Gasteiger partial charge < -0.3 is 10.8 Å². The summed E-state index contributed by atoms with van der Waals surface area (Å²) in [6.07, 6.45) is 5.37. The summed E-state index contributed by atoms with van der Waals surface area (Å²) in [5, 5.41) is 8.19. The van der Waals surface area contributed by atoms with Crippen molar-refractivity contribution in [1.82, 2.24) is 0 Å². The molecule has 0 aromatic carbocycles. The summed E-state index contributed by atoms with van der Waals surface area (Å²) in [5.41, 5.74) is 5.19. The van der Waals surface area contributed by atoms with Crippen LogP contribution in [0.4, 0.5) is 0 Å². The lowest BCUT2D eigenvalue weighted by Gasteiger charge is -1.95. The normalized spacial score (nSPS) is 12.7. The van der Waals surface area contributed by atoms with E-state index in [2.05, 4.69) is 5.92 Å². The second-order valence-corrected chi connectivity index (χ2v) is 1.29. The molecule has 0 aromatic heterocycles. The van der Waals surface area contributed by atoms with Crippen LogP contribution < -0.4 is 5.73 Å². The Morgan fingerprint density at radius 1 is 1.86 bits per heavy atom. The Bertz CT molecular complexity index is 74.6. The maximum Gasteiger partial charge on any atom is 0.0683 e. The summed E-state index contributed by atoms with van der Waals surface area (Å²) >= 11 is 0. The first-order valence-corrected chi connectivity index (χ1v) is 2.14. The van der Waals surface area contributed by atoms with Crippen molar-refractivity contribution in [1.29, 1.82) is 0 Å². The lowest BCUT2D eigenvalue weighted by Crippen LogP contribution is -2.18. The van der Waals surface area contributed by atoms with Gasteiger partial charge >= 0.3 is 0 Å². The zero-order valence-electron chi connectivity index (χ0n) is 4.09. The van der Waals surface area contributed by atoms with E-state index in [9.17, 15) is 0 Å². The predicted molar refractivity (Wildman–Crippen MR) is 28.5 cm³/mol. The molecule has 0 amide bonds. The molecular weight excluding hydrogens is 90.1 g/mol. The molecule has 0 aliphatic rings. The van der Waals surface area contributed by atoms with Crippen LogP contribution in [0.3, 0.4) is 0 Å². The largest absolute Gasteiger partial charge is 0.396 e. The van der Waals surface area contributed by atoms with E-state index in [1.165, 1.54) is 0 Å². The molecule has 0 aromatic rings. The third kappa shape index (κ3) is 3.31. The van der Waals surface area contributed by atoms with Gasteiger partial charge in [0, 0.05) is 6.61 Å². The van der Waals surface area contributed by atoms with E-state index in [0.29, 0.717) is 6.42 Å². The van der Waals surface area contributed by atoms with Crippen LogP contribution in [0.5, 0.6) is 0 Å². The molecule has 0 heterocycles. The summed E-state index contributed by atoms with van der Waals surface area (Å²) < 4.78 is 0. The molecule has 0 fully saturated rings. The number of nitrogens with two attached hydrogens (primary N) is 1. The number of aliphatic hydroxyl groups is 1. The van der Waals surface area contributed by atoms with Crippen LogP contribution in [-0.4, -0.2) is 17.8 Å². The molecule has 7 heavy (non-hydrogen) atoms. The van der Waals surface area contributed by atoms with Gasteiger partial charge in [0.2, 0.25) is 0 Å². The molecule has 0 aliphatic heterocycles. The van der Waals surface area contributed by atoms with Gasteiger partial charge in [0.1, 0.15) is 0 Å². The molecule has 0 aliphatic carbocycles. The van der Waals surface area contributed by atoms with Crippen molar-refractivity contribution < 1.29 is 5.11 Å². The SMILES string of the molecule is C#CC(N)CCO. The minimum atomic E-state index is -0.273.